The summed E-state index contributed by atoms with van der Waals surface area (Å²) < 4.78 is 24.1. The summed E-state index contributed by atoms with van der Waals surface area (Å²) >= 11 is 0. The Morgan fingerprint density at radius 3 is 2.86 bits per heavy atom. The van der Waals surface area contributed by atoms with Gasteiger partial charge in [0.25, 0.3) is 16.1 Å². The highest BCUT2D eigenvalue weighted by Crippen LogP contribution is 2.19. The quantitative estimate of drug-likeness (QED) is 0.673. The minimum Gasteiger partial charge on any atom is -0.399 e. The van der Waals surface area contributed by atoms with Gasteiger partial charge in [0, 0.05) is 30.9 Å². The minimum absolute atomic E-state index is 0.0714. The molecule has 1 aliphatic heterocycles. The largest absolute Gasteiger partial charge is 0.399 e. The van der Waals surface area contributed by atoms with Gasteiger partial charge in [0.05, 0.1) is 0 Å². The maximum absolute atomic E-state index is 12.4. The van der Waals surface area contributed by atoms with Crippen molar-refractivity contribution in [2.45, 2.75) is 12.8 Å². The molecule has 8 heteroatoms. The lowest BCUT2D eigenvalue weighted by Crippen LogP contribution is -2.44. The van der Waals surface area contributed by atoms with Crippen molar-refractivity contribution in [2.75, 3.05) is 25.4 Å². The third kappa shape index (κ3) is 4.69. The first kappa shape index (κ1) is 15.7. The summed E-state index contributed by atoms with van der Waals surface area (Å²) in [6.45, 7) is 1.43. The Balaban J connectivity index is 1.99. The van der Waals surface area contributed by atoms with Crippen LogP contribution in [0.3, 0.4) is 0 Å². The molecular formula is C13H20N4O3S. The number of rotatable bonds is 4. The molecule has 0 aromatic heterocycles. The van der Waals surface area contributed by atoms with E-state index in [1.54, 1.807) is 29.2 Å². The molecule has 2 rings (SSSR count). The molecule has 1 aromatic rings. The Kier molecular flexibility index (Phi) is 4.81. The van der Waals surface area contributed by atoms with Gasteiger partial charge in [-0.1, -0.05) is 6.07 Å². The first-order valence-electron chi connectivity index (χ1n) is 6.77. The molecule has 0 spiro atoms. The van der Waals surface area contributed by atoms with Gasteiger partial charge in [-0.25, -0.2) is 9.86 Å². The number of nitrogens with one attached hydrogen (secondary N) is 1. The van der Waals surface area contributed by atoms with Crippen LogP contribution in [0.5, 0.6) is 0 Å². The van der Waals surface area contributed by atoms with Crippen LogP contribution in [0.1, 0.15) is 23.2 Å². The smallest absolute Gasteiger partial charge is 0.274 e. The molecular weight excluding hydrogens is 292 g/mol. The summed E-state index contributed by atoms with van der Waals surface area (Å²) in [6.07, 6.45) is 1.70. The lowest BCUT2D eigenvalue weighted by atomic mass is 9.97. The van der Waals surface area contributed by atoms with Crippen LogP contribution < -0.4 is 15.6 Å². The average molecular weight is 312 g/mol. The predicted molar refractivity (Wildman–Crippen MR) is 80.6 cm³/mol. The second-order valence-corrected chi connectivity index (χ2v) is 6.66. The van der Waals surface area contributed by atoms with Crippen LogP contribution in [-0.2, 0) is 10.2 Å². The predicted octanol–water partition coefficient (Wildman–Crippen LogP) is -0.0859. The molecule has 0 radical (unpaired) electrons. The van der Waals surface area contributed by atoms with Crippen molar-refractivity contribution in [3.63, 3.8) is 0 Å². The SMILES string of the molecule is Nc1cccc(C(=O)N2CCCC(CNS(N)(=O)=O)C2)c1. The zero-order valence-corrected chi connectivity index (χ0v) is 12.5. The number of anilines is 1. The lowest BCUT2D eigenvalue weighted by Gasteiger charge is -2.32. The van der Waals surface area contributed by atoms with Gasteiger partial charge in [0.1, 0.15) is 0 Å². The van der Waals surface area contributed by atoms with Crippen molar-refractivity contribution in [1.82, 2.24) is 9.62 Å². The Hall–Kier alpha value is -1.64. The number of nitrogen functional groups attached to an aromatic ring is 1. The van der Waals surface area contributed by atoms with Crippen molar-refractivity contribution in [3.8, 4) is 0 Å². The number of likely N-dealkylation sites (tertiary alicyclic amines) is 1. The van der Waals surface area contributed by atoms with E-state index in [1.165, 1.54) is 0 Å². The highest BCUT2D eigenvalue weighted by atomic mass is 32.2. The Morgan fingerprint density at radius 2 is 2.19 bits per heavy atom. The number of benzene rings is 1. The van der Waals surface area contributed by atoms with Crippen molar-refractivity contribution in [2.24, 2.45) is 11.1 Å². The number of carbonyl (C=O) groups excluding carboxylic acids is 1. The first-order valence-corrected chi connectivity index (χ1v) is 8.32. The van der Waals surface area contributed by atoms with E-state index in [-0.39, 0.29) is 18.4 Å². The zero-order valence-electron chi connectivity index (χ0n) is 11.7. The van der Waals surface area contributed by atoms with Gasteiger partial charge in [-0.3, -0.25) is 4.79 Å². The van der Waals surface area contributed by atoms with Crippen molar-refractivity contribution < 1.29 is 13.2 Å². The van der Waals surface area contributed by atoms with E-state index in [2.05, 4.69) is 4.72 Å². The monoisotopic (exact) mass is 312 g/mol. The van der Waals surface area contributed by atoms with Crippen molar-refractivity contribution >= 4 is 21.8 Å². The highest BCUT2D eigenvalue weighted by Gasteiger charge is 2.25. The fourth-order valence-corrected chi connectivity index (χ4v) is 2.97. The number of amides is 1. The molecule has 21 heavy (non-hydrogen) atoms. The van der Waals surface area contributed by atoms with E-state index in [9.17, 15) is 13.2 Å². The zero-order chi connectivity index (χ0) is 15.5. The van der Waals surface area contributed by atoms with Gasteiger partial charge in [-0.15, -0.1) is 0 Å². The van der Waals surface area contributed by atoms with Gasteiger partial charge >= 0.3 is 0 Å². The van der Waals surface area contributed by atoms with Gasteiger partial charge < -0.3 is 10.6 Å². The summed E-state index contributed by atoms with van der Waals surface area (Å²) in [7, 11) is -3.69. The summed E-state index contributed by atoms with van der Waals surface area (Å²) in [4.78, 5) is 14.1. The third-order valence-corrected chi connectivity index (χ3v) is 4.08. The van der Waals surface area contributed by atoms with E-state index < -0.39 is 10.2 Å². The van der Waals surface area contributed by atoms with E-state index in [1.807, 2.05) is 0 Å². The normalized spacial score (nSPS) is 19.5. The maximum atomic E-state index is 12.4. The summed E-state index contributed by atoms with van der Waals surface area (Å²) in [5, 5.41) is 4.92. The molecule has 1 unspecified atom stereocenters. The average Bonchev–Trinajstić information content (AvgIpc) is 2.44. The number of nitrogens with two attached hydrogens (primary N) is 2. The molecule has 1 aliphatic rings. The topological polar surface area (TPSA) is 119 Å². The number of carbonyl (C=O) groups is 1. The van der Waals surface area contributed by atoms with E-state index in [0.717, 1.165) is 12.8 Å². The summed E-state index contributed by atoms with van der Waals surface area (Å²) in [5.41, 5.74) is 6.79. The van der Waals surface area contributed by atoms with Crippen LogP contribution in [0, 0.1) is 5.92 Å². The number of hydrogen-bond acceptors (Lipinski definition) is 4. The van der Waals surface area contributed by atoms with E-state index in [4.69, 9.17) is 10.9 Å². The number of hydrogen-bond donors (Lipinski definition) is 3. The molecule has 0 bridgehead atoms. The van der Waals surface area contributed by atoms with Crippen LogP contribution in [-0.4, -0.2) is 38.9 Å². The van der Waals surface area contributed by atoms with Crippen LogP contribution in [0.15, 0.2) is 24.3 Å². The summed E-state index contributed by atoms with van der Waals surface area (Å²) in [6, 6.07) is 6.85. The van der Waals surface area contributed by atoms with Gasteiger partial charge in [0.2, 0.25) is 0 Å². The third-order valence-electron chi connectivity index (χ3n) is 3.51. The van der Waals surface area contributed by atoms with E-state index in [0.29, 0.717) is 24.3 Å². The van der Waals surface area contributed by atoms with Crippen LogP contribution in [0.2, 0.25) is 0 Å². The lowest BCUT2D eigenvalue weighted by molar-refractivity contribution is 0.0676. The molecule has 1 fully saturated rings. The number of nitrogens with zero attached hydrogens (tertiary/aromatic N) is 1. The molecule has 1 heterocycles. The van der Waals surface area contributed by atoms with Gasteiger partial charge in [0.15, 0.2) is 0 Å². The highest BCUT2D eigenvalue weighted by molar-refractivity contribution is 7.87. The fraction of sp³-hybridized carbons (Fsp3) is 0.462. The number of piperidine rings is 1. The second-order valence-electron chi connectivity index (χ2n) is 5.28. The van der Waals surface area contributed by atoms with Crippen LogP contribution in [0.25, 0.3) is 0 Å². The molecule has 1 atom stereocenters. The van der Waals surface area contributed by atoms with Gasteiger partial charge in [-0.2, -0.15) is 8.42 Å². The van der Waals surface area contributed by atoms with Crippen LogP contribution >= 0.6 is 0 Å². The molecule has 5 N–H and O–H groups in total. The van der Waals surface area contributed by atoms with Crippen molar-refractivity contribution in [3.05, 3.63) is 29.8 Å². The molecule has 0 aliphatic carbocycles. The standard InChI is InChI=1S/C13H20N4O3S/c14-12-5-1-4-11(7-12)13(18)17-6-2-3-10(9-17)8-16-21(15,19)20/h1,4-5,7,10,16H,2-3,6,8-9,14H2,(H2,15,19,20). The molecule has 1 aromatic carbocycles. The van der Waals surface area contributed by atoms with Gasteiger partial charge in [-0.05, 0) is 37.0 Å². The minimum atomic E-state index is -3.69. The Bertz CT molecular complexity index is 618. The molecule has 116 valence electrons. The first-order chi connectivity index (χ1) is 9.85. The molecule has 1 amide bonds. The fourth-order valence-electron chi connectivity index (χ4n) is 2.50. The Morgan fingerprint density at radius 1 is 1.43 bits per heavy atom. The maximum Gasteiger partial charge on any atom is 0.274 e. The van der Waals surface area contributed by atoms with E-state index >= 15 is 0 Å². The van der Waals surface area contributed by atoms with Crippen molar-refractivity contribution in [1.29, 1.82) is 0 Å². The molecule has 1 saturated heterocycles. The summed E-state index contributed by atoms with van der Waals surface area (Å²) in [5.74, 6) is -0.00955. The second kappa shape index (κ2) is 6.42. The van der Waals surface area contributed by atoms with Crippen LogP contribution in [0.4, 0.5) is 5.69 Å². The Labute approximate surface area is 124 Å². The molecule has 7 nitrogen and oxygen atoms in total. The molecule has 0 saturated carbocycles.